The van der Waals surface area contributed by atoms with Crippen LogP contribution in [-0.4, -0.2) is 19.0 Å². The van der Waals surface area contributed by atoms with Gasteiger partial charge in [0.2, 0.25) is 5.91 Å². The zero-order valence-electron chi connectivity index (χ0n) is 8.86. The second-order valence-corrected chi connectivity index (χ2v) is 3.17. The third-order valence-electron chi connectivity index (χ3n) is 1.95. The van der Waals surface area contributed by atoms with Gasteiger partial charge in [0.15, 0.2) is 0 Å². The van der Waals surface area contributed by atoms with Crippen LogP contribution in [0, 0.1) is 0 Å². The summed E-state index contributed by atoms with van der Waals surface area (Å²) in [4.78, 5) is 21.1. The van der Waals surface area contributed by atoms with Crippen molar-refractivity contribution in [3.8, 4) is 5.75 Å². The van der Waals surface area contributed by atoms with E-state index in [1.54, 1.807) is 31.4 Å². The van der Waals surface area contributed by atoms with Crippen LogP contribution in [0.15, 0.2) is 24.3 Å². The summed E-state index contributed by atoms with van der Waals surface area (Å²) >= 11 is 0. The van der Waals surface area contributed by atoms with Gasteiger partial charge in [-0.05, 0) is 17.7 Å². The van der Waals surface area contributed by atoms with Crippen molar-refractivity contribution in [1.82, 2.24) is 5.32 Å². The van der Waals surface area contributed by atoms with Crippen molar-refractivity contribution in [3.63, 3.8) is 0 Å². The first kappa shape index (κ1) is 12.0. The van der Waals surface area contributed by atoms with Crippen LogP contribution in [0.3, 0.4) is 0 Å². The standard InChI is InChI=1S/C11H13NO4/c1-16-9-4-2-8(3-5-9)7-12-10(13)6-11(14)15/h2-5H,6-7H2,1H3,(H,12,13)(H,14,15)/p-1. The van der Waals surface area contributed by atoms with E-state index < -0.39 is 18.3 Å². The van der Waals surface area contributed by atoms with Crippen LogP contribution in [0.25, 0.3) is 0 Å². The predicted octanol–water partition coefficient (Wildman–Crippen LogP) is -0.549. The van der Waals surface area contributed by atoms with Gasteiger partial charge in [0, 0.05) is 6.54 Å². The molecule has 5 nitrogen and oxygen atoms in total. The highest BCUT2D eigenvalue weighted by molar-refractivity contribution is 5.92. The van der Waals surface area contributed by atoms with E-state index in [0.29, 0.717) is 0 Å². The van der Waals surface area contributed by atoms with Crippen LogP contribution in [0.4, 0.5) is 0 Å². The molecule has 0 bridgehead atoms. The molecule has 0 heterocycles. The minimum atomic E-state index is -1.38. The average Bonchev–Trinajstić information content (AvgIpc) is 2.26. The maximum Gasteiger partial charge on any atom is 0.225 e. The molecule has 1 rings (SSSR count). The first-order valence-electron chi connectivity index (χ1n) is 4.71. The van der Waals surface area contributed by atoms with E-state index in [1.165, 1.54) is 0 Å². The van der Waals surface area contributed by atoms with Gasteiger partial charge >= 0.3 is 0 Å². The number of carboxylic acids is 1. The SMILES string of the molecule is COc1ccc(CNC(=O)CC(=O)[O-])cc1. The monoisotopic (exact) mass is 222 g/mol. The Bertz CT molecular complexity index is 372. The fourth-order valence-corrected chi connectivity index (χ4v) is 1.14. The minimum absolute atomic E-state index is 0.288. The molecule has 0 saturated carbocycles. The van der Waals surface area contributed by atoms with Crippen LogP contribution in [0.2, 0.25) is 0 Å². The van der Waals surface area contributed by atoms with Crippen LogP contribution < -0.4 is 15.2 Å². The Hall–Kier alpha value is -2.04. The molecule has 1 amide bonds. The summed E-state index contributed by atoms with van der Waals surface area (Å²) in [5.74, 6) is -1.21. The van der Waals surface area contributed by atoms with E-state index >= 15 is 0 Å². The number of hydrogen-bond donors (Lipinski definition) is 1. The highest BCUT2D eigenvalue weighted by Gasteiger charge is 2.01. The molecule has 1 aromatic carbocycles. The number of amides is 1. The molecule has 1 N–H and O–H groups in total. The molecule has 86 valence electrons. The molecular weight excluding hydrogens is 210 g/mol. The second kappa shape index (κ2) is 5.75. The maximum atomic E-state index is 11.0. The van der Waals surface area contributed by atoms with Gasteiger partial charge in [-0.2, -0.15) is 0 Å². The molecule has 0 spiro atoms. The van der Waals surface area contributed by atoms with Crippen molar-refractivity contribution in [2.45, 2.75) is 13.0 Å². The number of nitrogens with one attached hydrogen (secondary N) is 1. The summed E-state index contributed by atoms with van der Waals surface area (Å²) in [5.41, 5.74) is 0.868. The molecule has 0 aliphatic heterocycles. The highest BCUT2D eigenvalue weighted by atomic mass is 16.5. The van der Waals surface area contributed by atoms with Crippen molar-refractivity contribution >= 4 is 11.9 Å². The summed E-state index contributed by atoms with van der Waals surface area (Å²) < 4.78 is 4.97. The highest BCUT2D eigenvalue weighted by Crippen LogP contribution is 2.10. The van der Waals surface area contributed by atoms with Gasteiger partial charge in [-0.1, -0.05) is 12.1 Å². The number of benzene rings is 1. The summed E-state index contributed by atoms with van der Waals surface area (Å²) in [6.45, 7) is 0.288. The smallest absolute Gasteiger partial charge is 0.225 e. The Kier molecular flexibility index (Phi) is 4.32. The summed E-state index contributed by atoms with van der Waals surface area (Å²) in [5, 5.41) is 12.6. The molecule has 0 unspecified atom stereocenters. The van der Waals surface area contributed by atoms with Gasteiger partial charge < -0.3 is 20.0 Å². The number of ether oxygens (including phenoxy) is 1. The number of carboxylic acid groups (broad SMARTS) is 1. The lowest BCUT2D eigenvalue weighted by Gasteiger charge is -2.06. The molecule has 0 radical (unpaired) electrons. The summed E-state index contributed by atoms with van der Waals surface area (Å²) in [6.07, 6.45) is -0.615. The zero-order valence-corrected chi connectivity index (χ0v) is 8.86. The van der Waals surface area contributed by atoms with Crippen LogP contribution >= 0.6 is 0 Å². The van der Waals surface area contributed by atoms with Crippen LogP contribution in [0.1, 0.15) is 12.0 Å². The third-order valence-corrected chi connectivity index (χ3v) is 1.95. The number of aliphatic carboxylic acids is 1. The van der Waals surface area contributed by atoms with E-state index in [4.69, 9.17) is 4.74 Å². The number of methoxy groups -OCH3 is 1. The van der Waals surface area contributed by atoms with Crippen molar-refractivity contribution < 1.29 is 19.4 Å². The maximum absolute atomic E-state index is 11.0. The Morgan fingerprint density at radius 2 is 1.94 bits per heavy atom. The quantitative estimate of drug-likeness (QED) is 0.678. The Balaban J connectivity index is 2.42. The van der Waals surface area contributed by atoms with E-state index in [0.717, 1.165) is 11.3 Å². The van der Waals surface area contributed by atoms with Crippen LogP contribution in [-0.2, 0) is 16.1 Å². The number of rotatable bonds is 5. The molecule has 0 atom stereocenters. The average molecular weight is 222 g/mol. The number of carbonyl (C=O) groups is 2. The van der Waals surface area contributed by atoms with Gasteiger partial charge in [0.1, 0.15) is 5.75 Å². The first-order chi connectivity index (χ1) is 7.61. The van der Waals surface area contributed by atoms with Crippen molar-refractivity contribution in [3.05, 3.63) is 29.8 Å². The lowest BCUT2D eigenvalue weighted by molar-refractivity contribution is -0.304. The van der Waals surface area contributed by atoms with E-state index in [1.807, 2.05) is 0 Å². The molecule has 5 heteroatoms. The largest absolute Gasteiger partial charge is 0.550 e. The Labute approximate surface area is 93.0 Å². The third kappa shape index (κ3) is 4.00. The minimum Gasteiger partial charge on any atom is -0.550 e. The normalized spacial score (nSPS) is 9.56. The van der Waals surface area contributed by atoms with Crippen molar-refractivity contribution in [2.75, 3.05) is 7.11 Å². The van der Waals surface area contributed by atoms with Crippen molar-refractivity contribution in [1.29, 1.82) is 0 Å². The second-order valence-electron chi connectivity index (χ2n) is 3.17. The van der Waals surface area contributed by atoms with Gasteiger partial charge in [-0.15, -0.1) is 0 Å². The molecule has 0 aromatic heterocycles. The summed E-state index contributed by atoms with van der Waals surface area (Å²) in [6, 6.07) is 7.11. The zero-order chi connectivity index (χ0) is 12.0. The van der Waals surface area contributed by atoms with Crippen LogP contribution in [0.5, 0.6) is 5.75 Å². The molecular formula is C11H12NO4-. The molecule has 1 aromatic rings. The molecule has 0 fully saturated rings. The van der Waals surface area contributed by atoms with Gasteiger partial charge in [0.05, 0.1) is 19.5 Å². The lowest BCUT2D eigenvalue weighted by atomic mass is 10.2. The topological polar surface area (TPSA) is 78.5 Å². The molecule has 0 saturated heterocycles. The predicted molar refractivity (Wildman–Crippen MR) is 54.5 cm³/mol. The molecule has 0 aliphatic rings. The molecule has 16 heavy (non-hydrogen) atoms. The van der Waals surface area contributed by atoms with Gasteiger partial charge in [-0.25, -0.2) is 0 Å². The Morgan fingerprint density at radius 1 is 1.31 bits per heavy atom. The fourth-order valence-electron chi connectivity index (χ4n) is 1.14. The van der Waals surface area contributed by atoms with E-state index in [-0.39, 0.29) is 6.54 Å². The van der Waals surface area contributed by atoms with Crippen molar-refractivity contribution in [2.24, 2.45) is 0 Å². The molecule has 0 aliphatic carbocycles. The van der Waals surface area contributed by atoms with E-state index in [9.17, 15) is 14.7 Å². The number of hydrogen-bond acceptors (Lipinski definition) is 4. The number of carbonyl (C=O) groups excluding carboxylic acids is 2. The summed E-state index contributed by atoms with van der Waals surface area (Å²) in [7, 11) is 1.57. The van der Waals surface area contributed by atoms with Gasteiger partial charge in [0.25, 0.3) is 0 Å². The Morgan fingerprint density at radius 3 is 2.44 bits per heavy atom. The fraction of sp³-hybridized carbons (Fsp3) is 0.273. The first-order valence-corrected chi connectivity index (χ1v) is 4.71. The van der Waals surface area contributed by atoms with E-state index in [2.05, 4.69) is 5.32 Å². The lowest BCUT2D eigenvalue weighted by Crippen LogP contribution is -2.32. The van der Waals surface area contributed by atoms with Gasteiger partial charge in [-0.3, -0.25) is 4.79 Å².